The van der Waals surface area contributed by atoms with Gasteiger partial charge in [0.05, 0.1) is 6.61 Å². The lowest BCUT2D eigenvalue weighted by molar-refractivity contribution is 0.145. The topological polar surface area (TPSA) is 61.8 Å². The molecule has 1 aliphatic heterocycles. The molecule has 1 aliphatic rings. The van der Waals surface area contributed by atoms with Gasteiger partial charge < -0.3 is 20.1 Å². The number of benzene rings is 1. The van der Waals surface area contributed by atoms with E-state index in [0.29, 0.717) is 24.1 Å². The molecule has 2 rings (SSSR count). The first-order valence-corrected chi connectivity index (χ1v) is 7.94. The van der Waals surface area contributed by atoms with Gasteiger partial charge in [-0.3, -0.25) is 0 Å². The van der Waals surface area contributed by atoms with E-state index in [0.717, 1.165) is 18.7 Å². The Balaban J connectivity index is 1.91. The monoisotopic (exact) mass is 306 g/mol. The number of carbonyl (C=O) groups excluding carboxylic acids is 1. The van der Waals surface area contributed by atoms with Crippen LogP contribution < -0.4 is 10.1 Å². The molecule has 0 aromatic heterocycles. The van der Waals surface area contributed by atoms with Crippen molar-refractivity contribution in [3.63, 3.8) is 0 Å². The zero-order valence-electron chi connectivity index (χ0n) is 13.4. The molecular weight excluding hydrogens is 280 g/mol. The molecular formula is C17H26N2O3. The average Bonchev–Trinajstić information content (AvgIpc) is 2.50. The maximum absolute atomic E-state index is 12.3. The van der Waals surface area contributed by atoms with Gasteiger partial charge in [0.1, 0.15) is 12.4 Å². The normalized spacial score (nSPS) is 21.5. The summed E-state index contributed by atoms with van der Waals surface area (Å²) in [6.07, 6.45) is 1.18. The Hall–Kier alpha value is -1.75. The van der Waals surface area contributed by atoms with Gasteiger partial charge in [-0.25, -0.2) is 4.79 Å². The van der Waals surface area contributed by atoms with E-state index in [1.54, 1.807) is 0 Å². The predicted octanol–water partition coefficient (Wildman–Crippen LogP) is 2.25. The first kappa shape index (κ1) is 16.6. The van der Waals surface area contributed by atoms with Gasteiger partial charge in [0.25, 0.3) is 0 Å². The molecule has 0 aliphatic carbocycles. The van der Waals surface area contributed by atoms with Gasteiger partial charge in [-0.1, -0.05) is 32.0 Å². The summed E-state index contributed by atoms with van der Waals surface area (Å²) in [6, 6.07) is 7.55. The number of piperidine rings is 1. The maximum atomic E-state index is 12.3. The average molecular weight is 306 g/mol. The number of hydrogen-bond donors (Lipinski definition) is 2. The Morgan fingerprint density at radius 2 is 2.00 bits per heavy atom. The van der Waals surface area contributed by atoms with E-state index in [1.165, 1.54) is 6.42 Å². The summed E-state index contributed by atoms with van der Waals surface area (Å²) < 4.78 is 5.48. The summed E-state index contributed by atoms with van der Waals surface area (Å²) in [4.78, 5) is 14.2. The standard InChI is InChI=1S/C17H26N2O3/c1-13-9-14(2)12-19(11-13)17(21)18-10-15-5-3-4-6-16(15)22-8-7-20/h3-6,13-14,20H,7-12H2,1-2H3,(H,18,21). The minimum absolute atomic E-state index is 0.0182. The van der Waals surface area contributed by atoms with Crippen LogP contribution in [0.5, 0.6) is 5.75 Å². The van der Waals surface area contributed by atoms with Crippen molar-refractivity contribution in [3.05, 3.63) is 29.8 Å². The largest absolute Gasteiger partial charge is 0.491 e. The fourth-order valence-electron chi connectivity index (χ4n) is 3.06. The molecule has 0 bridgehead atoms. The van der Waals surface area contributed by atoms with Crippen molar-refractivity contribution >= 4 is 6.03 Å². The SMILES string of the molecule is CC1CC(C)CN(C(=O)NCc2ccccc2OCCO)C1. The van der Waals surface area contributed by atoms with Gasteiger partial charge >= 0.3 is 6.03 Å². The van der Waals surface area contributed by atoms with Crippen molar-refractivity contribution in [1.29, 1.82) is 0 Å². The maximum Gasteiger partial charge on any atom is 0.317 e. The van der Waals surface area contributed by atoms with Crippen molar-refractivity contribution in [2.24, 2.45) is 11.8 Å². The van der Waals surface area contributed by atoms with E-state index in [4.69, 9.17) is 9.84 Å². The van der Waals surface area contributed by atoms with Crippen LogP contribution in [0, 0.1) is 11.8 Å². The molecule has 0 radical (unpaired) electrons. The lowest BCUT2D eigenvalue weighted by atomic mass is 9.92. The molecule has 5 nitrogen and oxygen atoms in total. The molecule has 1 heterocycles. The van der Waals surface area contributed by atoms with E-state index in [2.05, 4.69) is 19.2 Å². The van der Waals surface area contributed by atoms with Crippen LogP contribution in [0.15, 0.2) is 24.3 Å². The van der Waals surface area contributed by atoms with Gasteiger partial charge in [0, 0.05) is 25.2 Å². The second-order valence-electron chi connectivity index (χ2n) is 6.19. The van der Waals surface area contributed by atoms with Crippen molar-refractivity contribution in [2.45, 2.75) is 26.8 Å². The Labute approximate surface area is 132 Å². The number of aliphatic hydroxyl groups is 1. The third kappa shape index (κ3) is 4.63. The fraction of sp³-hybridized carbons (Fsp3) is 0.588. The zero-order valence-corrected chi connectivity index (χ0v) is 13.4. The summed E-state index contributed by atoms with van der Waals surface area (Å²) in [5, 5.41) is 11.8. The summed E-state index contributed by atoms with van der Waals surface area (Å²) in [5.41, 5.74) is 0.919. The van der Waals surface area contributed by atoms with E-state index in [1.807, 2.05) is 29.2 Å². The molecule has 2 unspecified atom stereocenters. The number of para-hydroxylation sites is 1. The molecule has 2 amide bonds. The van der Waals surface area contributed by atoms with Crippen molar-refractivity contribution in [1.82, 2.24) is 10.2 Å². The third-order valence-corrected chi connectivity index (χ3v) is 3.91. The smallest absolute Gasteiger partial charge is 0.317 e. The molecule has 1 aromatic rings. The molecule has 0 saturated carbocycles. The number of ether oxygens (including phenoxy) is 1. The minimum atomic E-state index is -0.0236. The van der Waals surface area contributed by atoms with Gasteiger partial charge in [-0.05, 0) is 24.3 Å². The lowest BCUT2D eigenvalue weighted by Gasteiger charge is -2.35. The van der Waals surface area contributed by atoms with Gasteiger partial charge in [-0.2, -0.15) is 0 Å². The highest BCUT2D eigenvalue weighted by Crippen LogP contribution is 2.21. The quantitative estimate of drug-likeness (QED) is 0.877. The Morgan fingerprint density at radius 3 is 2.68 bits per heavy atom. The first-order valence-electron chi connectivity index (χ1n) is 7.94. The molecule has 0 spiro atoms. The summed E-state index contributed by atoms with van der Waals surface area (Å²) in [6.45, 7) is 6.68. The van der Waals surface area contributed by atoms with E-state index in [-0.39, 0.29) is 19.2 Å². The number of amides is 2. The number of nitrogens with zero attached hydrogens (tertiary/aromatic N) is 1. The molecule has 1 aromatic carbocycles. The molecule has 1 fully saturated rings. The zero-order chi connectivity index (χ0) is 15.9. The molecule has 2 N–H and O–H groups in total. The van der Waals surface area contributed by atoms with Crippen molar-refractivity contribution < 1.29 is 14.6 Å². The molecule has 22 heavy (non-hydrogen) atoms. The second-order valence-corrected chi connectivity index (χ2v) is 6.19. The molecule has 5 heteroatoms. The van der Waals surface area contributed by atoms with Crippen LogP contribution in [-0.4, -0.2) is 42.3 Å². The number of urea groups is 1. The number of rotatable bonds is 5. The molecule has 2 atom stereocenters. The van der Waals surface area contributed by atoms with Gasteiger partial charge in [0.2, 0.25) is 0 Å². The van der Waals surface area contributed by atoms with Crippen LogP contribution in [0.1, 0.15) is 25.8 Å². The van der Waals surface area contributed by atoms with Crippen LogP contribution in [0.3, 0.4) is 0 Å². The summed E-state index contributed by atoms with van der Waals surface area (Å²) >= 11 is 0. The van der Waals surface area contributed by atoms with Gasteiger partial charge in [0.15, 0.2) is 0 Å². The lowest BCUT2D eigenvalue weighted by Crippen LogP contribution is -2.47. The van der Waals surface area contributed by atoms with Crippen molar-refractivity contribution in [2.75, 3.05) is 26.3 Å². The van der Waals surface area contributed by atoms with Crippen molar-refractivity contribution in [3.8, 4) is 5.75 Å². The fourth-order valence-corrected chi connectivity index (χ4v) is 3.06. The highest BCUT2D eigenvalue weighted by atomic mass is 16.5. The van der Waals surface area contributed by atoms with Crippen LogP contribution in [-0.2, 0) is 6.54 Å². The summed E-state index contributed by atoms with van der Waals surface area (Å²) in [5.74, 6) is 1.81. The van der Waals surface area contributed by atoms with Crippen LogP contribution >= 0.6 is 0 Å². The molecule has 122 valence electrons. The number of carbonyl (C=O) groups is 1. The Bertz CT molecular complexity index is 483. The highest BCUT2D eigenvalue weighted by Gasteiger charge is 2.25. The Kier molecular flexibility index (Phi) is 6.07. The Morgan fingerprint density at radius 1 is 1.32 bits per heavy atom. The molecule has 1 saturated heterocycles. The van der Waals surface area contributed by atoms with Crippen LogP contribution in [0.25, 0.3) is 0 Å². The van der Waals surface area contributed by atoms with E-state index >= 15 is 0 Å². The predicted molar refractivity (Wildman–Crippen MR) is 85.8 cm³/mol. The van der Waals surface area contributed by atoms with Crippen LogP contribution in [0.4, 0.5) is 4.79 Å². The number of hydrogen-bond acceptors (Lipinski definition) is 3. The third-order valence-electron chi connectivity index (χ3n) is 3.91. The van der Waals surface area contributed by atoms with E-state index in [9.17, 15) is 4.79 Å². The first-order chi connectivity index (χ1) is 10.6. The number of nitrogens with one attached hydrogen (secondary N) is 1. The minimum Gasteiger partial charge on any atom is -0.491 e. The number of aliphatic hydroxyl groups excluding tert-OH is 1. The van der Waals surface area contributed by atoms with Gasteiger partial charge in [-0.15, -0.1) is 0 Å². The van der Waals surface area contributed by atoms with E-state index < -0.39 is 0 Å². The van der Waals surface area contributed by atoms with Crippen LogP contribution in [0.2, 0.25) is 0 Å². The second kappa shape index (κ2) is 8.03. The highest BCUT2D eigenvalue weighted by molar-refractivity contribution is 5.74. The summed E-state index contributed by atoms with van der Waals surface area (Å²) in [7, 11) is 0. The number of likely N-dealkylation sites (tertiary alicyclic amines) is 1.